The molecule has 1 N–H and O–H groups in total. The van der Waals surface area contributed by atoms with E-state index in [4.69, 9.17) is 9.39 Å². The number of para-hydroxylation sites is 1. The molecular formula is C23H29BN2O6. The molecule has 0 unspecified atom stereocenters. The fourth-order valence-corrected chi connectivity index (χ4v) is 3.58. The Bertz CT molecular complexity index is 967. The van der Waals surface area contributed by atoms with Crippen molar-refractivity contribution in [3.05, 3.63) is 48.0 Å². The number of hydrogen-bond acceptors (Lipinski definition) is 7. The summed E-state index contributed by atoms with van der Waals surface area (Å²) in [5, 5.41) is 10.5. The van der Waals surface area contributed by atoms with Crippen molar-refractivity contribution in [3.8, 4) is 5.75 Å². The summed E-state index contributed by atoms with van der Waals surface area (Å²) in [6, 6.07) is 5.09. The van der Waals surface area contributed by atoms with Crippen LogP contribution in [0.4, 0.5) is 0 Å². The van der Waals surface area contributed by atoms with Gasteiger partial charge in [-0.25, -0.2) is 9.78 Å². The summed E-state index contributed by atoms with van der Waals surface area (Å²) in [5.74, 6) is -0.699. The van der Waals surface area contributed by atoms with E-state index in [9.17, 15) is 19.4 Å². The van der Waals surface area contributed by atoms with Gasteiger partial charge in [-0.05, 0) is 18.1 Å². The largest absolute Gasteiger partial charge is 0.535 e. The number of Topliss-reactive ketones (excluding diaryl/α,β-unsaturated/α-hetero) is 2. The zero-order valence-electron chi connectivity index (χ0n) is 18.7. The Labute approximate surface area is 188 Å². The molecule has 9 heteroatoms. The Hall–Kier alpha value is -2.94. The lowest BCUT2D eigenvalue weighted by Gasteiger charge is -2.28. The first-order valence-corrected chi connectivity index (χ1v) is 10.8. The van der Waals surface area contributed by atoms with Gasteiger partial charge in [0.25, 0.3) is 0 Å². The van der Waals surface area contributed by atoms with Gasteiger partial charge in [-0.15, -0.1) is 0 Å². The standard InChI is InChI=1S/C23H29BN2O6/c1-23(2,3)20(28)8-12-31-22(29)19-6-4-5-16-13-17(24(30)32-21(16)19)14-18(27)7-10-26-11-9-25-15-26/h4-6,9,11,15,17,30H,7-8,10,12-14H2,1-3H3/t17-/m1/s1. The molecule has 170 valence electrons. The summed E-state index contributed by atoms with van der Waals surface area (Å²) in [4.78, 5) is 40.9. The van der Waals surface area contributed by atoms with Crippen molar-refractivity contribution in [2.24, 2.45) is 5.41 Å². The first-order chi connectivity index (χ1) is 15.1. The average molecular weight is 440 g/mol. The fourth-order valence-electron chi connectivity index (χ4n) is 3.58. The molecule has 2 aromatic rings. The molecule has 1 aromatic carbocycles. The number of aromatic nitrogens is 2. The van der Waals surface area contributed by atoms with Crippen molar-refractivity contribution in [1.29, 1.82) is 0 Å². The zero-order chi connectivity index (χ0) is 23.3. The monoisotopic (exact) mass is 440 g/mol. The van der Waals surface area contributed by atoms with Crippen LogP contribution >= 0.6 is 0 Å². The van der Waals surface area contributed by atoms with Crippen LogP contribution in [0.5, 0.6) is 5.75 Å². The van der Waals surface area contributed by atoms with Gasteiger partial charge in [0.1, 0.15) is 22.9 Å². The number of fused-ring (bicyclic) bond motifs is 1. The maximum absolute atomic E-state index is 12.6. The lowest BCUT2D eigenvalue weighted by Crippen LogP contribution is -2.36. The molecule has 0 saturated heterocycles. The van der Waals surface area contributed by atoms with Crippen LogP contribution in [0.25, 0.3) is 0 Å². The Morgan fingerprint density at radius 2 is 2.06 bits per heavy atom. The lowest BCUT2D eigenvalue weighted by molar-refractivity contribution is -0.127. The molecule has 1 aromatic heterocycles. The normalized spacial score (nSPS) is 15.6. The van der Waals surface area contributed by atoms with E-state index in [0.29, 0.717) is 19.4 Å². The number of imidazole rings is 1. The minimum Gasteiger partial charge on any atom is -0.535 e. The minimum absolute atomic E-state index is 0.00705. The van der Waals surface area contributed by atoms with Crippen molar-refractivity contribution in [1.82, 2.24) is 9.55 Å². The molecule has 1 atom stereocenters. The maximum Gasteiger partial charge on any atom is 0.526 e. The van der Waals surface area contributed by atoms with Gasteiger partial charge < -0.3 is 19.0 Å². The molecule has 1 aliphatic heterocycles. The Morgan fingerprint density at radius 3 is 2.75 bits per heavy atom. The summed E-state index contributed by atoms with van der Waals surface area (Å²) in [6.07, 6.45) is 6.17. The van der Waals surface area contributed by atoms with Crippen LogP contribution < -0.4 is 4.65 Å². The molecule has 32 heavy (non-hydrogen) atoms. The molecule has 2 heterocycles. The van der Waals surface area contributed by atoms with E-state index in [2.05, 4.69) is 4.98 Å². The average Bonchev–Trinajstić information content (AvgIpc) is 3.25. The number of carbonyl (C=O) groups is 3. The maximum atomic E-state index is 12.6. The first kappa shape index (κ1) is 23.7. The third kappa shape index (κ3) is 6.06. The quantitative estimate of drug-likeness (QED) is 0.472. The molecule has 0 aliphatic carbocycles. The molecule has 0 saturated carbocycles. The van der Waals surface area contributed by atoms with Gasteiger partial charge in [0.05, 0.1) is 12.9 Å². The minimum atomic E-state index is -1.20. The van der Waals surface area contributed by atoms with E-state index in [0.717, 1.165) is 5.56 Å². The molecule has 0 amide bonds. The third-order valence-corrected chi connectivity index (χ3v) is 5.54. The second-order valence-electron chi connectivity index (χ2n) is 9.12. The second-order valence-corrected chi connectivity index (χ2v) is 9.12. The number of esters is 1. The summed E-state index contributed by atoms with van der Waals surface area (Å²) >= 11 is 0. The number of aryl methyl sites for hydroxylation is 1. The molecule has 0 fully saturated rings. The van der Waals surface area contributed by atoms with Gasteiger partial charge in [-0.2, -0.15) is 0 Å². The van der Waals surface area contributed by atoms with Crippen LogP contribution in [0.15, 0.2) is 36.9 Å². The fraction of sp³-hybridized carbons (Fsp3) is 0.478. The molecule has 3 rings (SSSR count). The molecule has 8 nitrogen and oxygen atoms in total. The van der Waals surface area contributed by atoms with E-state index in [1.165, 1.54) is 0 Å². The van der Waals surface area contributed by atoms with Crippen LogP contribution in [0, 0.1) is 5.41 Å². The van der Waals surface area contributed by atoms with Crippen LogP contribution in [-0.4, -0.2) is 45.8 Å². The van der Waals surface area contributed by atoms with E-state index in [1.54, 1.807) is 30.9 Å². The van der Waals surface area contributed by atoms with Crippen molar-refractivity contribution < 1.29 is 28.8 Å². The van der Waals surface area contributed by atoms with Gasteiger partial charge in [-0.3, -0.25) is 9.59 Å². The van der Waals surface area contributed by atoms with Crippen LogP contribution in [0.2, 0.25) is 5.82 Å². The van der Waals surface area contributed by atoms with E-state index < -0.39 is 24.3 Å². The first-order valence-electron chi connectivity index (χ1n) is 10.8. The van der Waals surface area contributed by atoms with Gasteiger partial charge in [0.2, 0.25) is 0 Å². The predicted octanol–water partition coefficient (Wildman–Crippen LogP) is 2.88. The SMILES string of the molecule is CC(C)(C)C(=O)CCOC(=O)c1cccc2c1OB(O)[C@@H](CC(=O)CCn1ccnc1)C2. The molecule has 0 spiro atoms. The van der Waals surface area contributed by atoms with Crippen LogP contribution in [0.1, 0.15) is 56.0 Å². The highest BCUT2D eigenvalue weighted by molar-refractivity contribution is 6.47. The van der Waals surface area contributed by atoms with E-state index in [1.807, 2.05) is 31.4 Å². The summed E-state index contributed by atoms with van der Waals surface area (Å²) in [5.41, 5.74) is 0.453. The number of carbonyl (C=O) groups excluding carboxylic acids is 3. The Balaban J connectivity index is 1.58. The molecule has 0 bridgehead atoms. The smallest absolute Gasteiger partial charge is 0.526 e. The van der Waals surface area contributed by atoms with Crippen molar-refractivity contribution in [3.63, 3.8) is 0 Å². The van der Waals surface area contributed by atoms with E-state index in [-0.39, 0.29) is 42.3 Å². The topological polar surface area (TPSA) is 108 Å². The Kier molecular flexibility index (Phi) is 7.50. The van der Waals surface area contributed by atoms with Crippen molar-refractivity contribution in [2.75, 3.05) is 6.61 Å². The number of ether oxygens (including phenoxy) is 1. The molecule has 0 radical (unpaired) electrons. The third-order valence-electron chi connectivity index (χ3n) is 5.54. The van der Waals surface area contributed by atoms with Crippen molar-refractivity contribution >= 4 is 24.7 Å². The number of benzene rings is 1. The van der Waals surface area contributed by atoms with E-state index >= 15 is 0 Å². The summed E-state index contributed by atoms with van der Waals surface area (Å²) in [7, 11) is -1.20. The van der Waals surface area contributed by atoms with Gasteiger partial charge >= 0.3 is 13.1 Å². The highest BCUT2D eigenvalue weighted by atomic mass is 16.5. The lowest BCUT2D eigenvalue weighted by atomic mass is 9.64. The number of rotatable bonds is 9. The molecular weight excluding hydrogens is 411 g/mol. The molecule has 1 aliphatic rings. The Morgan fingerprint density at radius 1 is 1.28 bits per heavy atom. The zero-order valence-corrected chi connectivity index (χ0v) is 18.7. The summed E-state index contributed by atoms with van der Waals surface area (Å²) in [6.45, 7) is 5.97. The number of nitrogens with zero attached hydrogens (tertiary/aromatic N) is 2. The highest BCUT2D eigenvalue weighted by Crippen LogP contribution is 2.36. The van der Waals surface area contributed by atoms with Crippen LogP contribution in [0.3, 0.4) is 0 Å². The van der Waals surface area contributed by atoms with Gasteiger partial charge in [-0.1, -0.05) is 32.9 Å². The van der Waals surface area contributed by atoms with Crippen molar-refractivity contribution in [2.45, 2.75) is 58.8 Å². The predicted molar refractivity (Wildman–Crippen MR) is 118 cm³/mol. The highest BCUT2D eigenvalue weighted by Gasteiger charge is 2.37. The van der Waals surface area contributed by atoms with Crippen LogP contribution in [-0.2, 0) is 27.3 Å². The number of ketones is 2. The second kappa shape index (κ2) is 10.1. The summed E-state index contributed by atoms with van der Waals surface area (Å²) < 4.78 is 12.7. The number of hydrogen-bond donors (Lipinski definition) is 1. The van der Waals surface area contributed by atoms with Gasteiger partial charge in [0.15, 0.2) is 0 Å². The van der Waals surface area contributed by atoms with Gasteiger partial charge in [0, 0.05) is 49.4 Å².